The van der Waals surface area contributed by atoms with Crippen LogP contribution in [0.4, 0.5) is 0 Å². The van der Waals surface area contributed by atoms with Gasteiger partial charge in [-0.2, -0.15) is 0 Å². The number of benzene rings is 3. The van der Waals surface area contributed by atoms with Crippen LogP contribution in [-0.4, -0.2) is 37.9 Å². The van der Waals surface area contributed by atoms with E-state index in [1.807, 2.05) is 0 Å². The van der Waals surface area contributed by atoms with Crippen molar-refractivity contribution in [2.24, 2.45) is 0 Å². The standard InChI is InChI=1S/C11H15N4.3C6H5.Sn/c1-8-5-10(3)14(12-8)7-15-11(4)6-9(2)13-15;3*1-2-4-6-5-3-1;/h5-7H,1-4H3;3*1-5H;. The molecule has 34 heavy (non-hydrogen) atoms. The van der Waals surface area contributed by atoms with Gasteiger partial charge in [0, 0.05) is 0 Å². The van der Waals surface area contributed by atoms with Crippen LogP contribution >= 0.6 is 0 Å². The van der Waals surface area contributed by atoms with E-state index in [0.29, 0.717) is 0 Å². The summed E-state index contributed by atoms with van der Waals surface area (Å²) < 4.78 is 8.65. The van der Waals surface area contributed by atoms with Crippen molar-refractivity contribution in [3.63, 3.8) is 0 Å². The van der Waals surface area contributed by atoms with E-state index >= 15 is 0 Å². The number of hydrogen-bond acceptors (Lipinski definition) is 2. The summed E-state index contributed by atoms with van der Waals surface area (Å²) in [5.41, 5.74) is 4.36. The molecule has 0 radical (unpaired) electrons. The number of rotatable bonds is 6. The Labute approximate surface area is 205 Å². The van der Waals surface area contributed by atoms with Crippen molar-refractivity contribution in [2.75, 3.05) is 0 Å². The van der Waals surface area contributed by atoms with Gasteiger partial charge in [0.15, 0.2) is 0 Å². The Balaban J connectivity index is 1.98. The number of nitrogens with zero attached hydrogens (tertiary/aromatic N) is 4. The molecule has 0 fully saturated rings. The Kier molecular flexibility index (Phi) is 6.17. The summed E-state index contributed by atoms with van der Waals surface area (Å²) in [6.45, 7) is 8.48. The molecule has 170 valence electrons. The van der Waals surface area contributed by atoms with Crippen molar-refractivity contribution >= 4 is 29.1 Å². The molecule has 0 aliphatic rings. The molecule has 0 aliphatic heterocycles. The van der Waals surface area contributed by atoms with Crippen LogP contribution < -0.4 is 10.7 Å². The van der Waals surface area contributed by atoms with Crippen molar-refractivity contribution in [1.29, 1.82) is 0 Å². The van der Waals surface area contributed by atoms with Crippen LogP contribution in [0.5, 0.6) is 0 Å². The van der Waals surface area contributed by atoms with Crippen molar-refractivity contribution in [1.82, 2.24) is 19.6 Å². The fourth-order valence-corrected chi connectivity index (χ4v) is 20.5. The van der Waals surface area contributed by atoms with Gasteiger partial charge in [-0.05, 0) is 0 Å². The fourth-order valence-electron chi connectivity index (χ4n) is 5.31. The molecule has 0 unspecified atom stereocenters. The molecular weight excluding hydrogens is 523 g/mol. The van der Waals surface area contributed by atoms with Crippen LogP contribution in [0.25, 0.3) is 0 Å². The summed E-state index contributed by atoms with van der Waals surface area (Å²) in [5, 5.41) is 10.2. The summed E-state index contributed by atoms with van der Waals surface area (Å²) in [7, 11) is 0. The Morgan fingerprint density at radius 1 is 0.529 bits per heavy atom. The Morgan fingerprint density at radius 2 is 0.853 bits per heavy atom. The van der Waals surface area contributed by atoms with Crippen molar-refractivity contribution in [3.05, 3.63) is 126 Å². The van der Waals surface area contributed by atoms with Gasteiger partial charge >= 0.3 is 206 Å². The second-order valence-electron chi connectivity index (χ2n) is 9.02. The normalized spacial score (nSPS) is 11.8. The minimum absolute atomic E-state index is 0.0519. The van der Waals surface area contributed by atoms with Crippen molar-refractivity contribution < 1.29 is 0 Å². The van der Waals surface area contributed by atoms with Gasteiger partial charge in [0.1, 0.15) is 0 Å². The first kappa shape index (κ1) is 22.7. The zero-order valence-electron chi connectivity index (χ0n) is 20.2. The number of aromatic nitrogens is 4. The topological polar surface area (TPSA) is 35.6 Å². The molecule has 4 nitrogen and oxygen atoms in total. The van der Waals surface area contributed by atoms with E-state index in [0.717, 1.165) is 22.8 Å². The van der Waals surface area contributed by atoms with Gasteiger partial charge in [0.25, 0.3) is 0 Å². The van der Waals surface area contributed by atoms with Crippen LogP contribution in [0, 0.1) is 27.7 Å². The van der Waals surface area contributed by atoms with E-state index in [9.17, 15) is 0 Å². The molecule has 0 spiro atoms. The third-order valence-corrected chi connectivity index (χ3v) is 20.9. The summed E-state index contributed by atoms with van der Waals surface area (Å²) in [4.78, 5) is 0. The maximum absolute atomic E-state index is 5.09. The molecule has 5 heteroatoms. The van der Waals surface area contributed by atoms with E-state index in [4.69, 9.17) is 10.2 Å². The zero-order chi connectivity index (χ0) is 23.7. The Hall–Kier alpha value is -3.12. The molecule has 0 N–H and O–H groups in total. The number of hydrogen-bond donors (Lipinski definition) is 0. The third-order valence-electron chi connectivity index (χ3n) is 6.63. The molecule has 3 aromatic carbocycles. The summed E-state index contributed by atoms with van der Waals surface area (Å²) in [5.74, 6) is 0. The first-order valence-corrected chi connectivity index (χ1v) is 17.7. The molecule has 2 heterocycles. The number of aryl methyl sites for hydroxylation is 4. The zero-order valence-corrected chi connectivity index (χ0v) is 23.0. The predicted molar refractivity (Wildman–Crippen MR) is 142 cm³/mol. The van der Waals surface area contributed by atoms with Gasteiger partial charge in [-0.15, -0.1) is 0 Å². The molecule has 0 saturated heterocycles. The Morgan fingerprint density at radius 3 is 1.12 bits per heavy atom. The van der Waals surface area contributed by atoms with Crippen LogP contribution in [0.3, 0.4) is 0 Å². The van der Waals surface area contributed by atoms with Gasteiger partial charge in [-0.3, -0.25) is 0 Å². The summed E-state index contributed by atoms with van der Waals surface area (Å²) in [6.07, 6.45) is 0. The second-order valence-corrected chi connectivity index (χ2v) is 20.1. The van der Waals surface area contributed by atoms with Gasteiger partial charge in [0.05, 0.1) is 0 Å². The fraction of sp³-hybridized carbons (Fsp3) is 0.172. The van der Waals surface area contributed by atoms with E-state index in [1.165, 1.54) is 10.7 Å². The molecular formula is C29H30N4Sn. The van der Waals surface area contributed by atoms with E-state index in [2.05, 4.69) is 140 Å². The molecule has 0 saturated carbocycles. The molecule has 5 aromatic rings. The SMILES string of the molecule is Cc1cc(C)n([CH](n2nc(C)cc2C)[Sn]([c]2ccccc2)([c]2ccccc2)[c]2ccccc2)n1. The summed E-state index contributed by atoms with van der Waals surface area (Å²) >= 11 is -3.89. The summed E-state index contributed by atoms with van der Waals surface area (Å²) in [6, 6.07) is 37.6. The van der Waals surface area contributed by atoms with Crippen LogP contribution in [0.2, 0.25) is 0 Å². The molecule has 0 amide bonds. The second kappa shape index (κ2) is 9.26. The third kappa shape index (κ3) is 3.80. The van der Waals surface area contributed by atoms with Crippen LogP contribution in [0.15, 0.2) is 103 Å². The van der Waals surface area contributed by atoms with Gasteiger partial charge in [-0.1, -0.05) is 0 Å². The van der Waals surface area contributed by atoms with Crippen molar-refractivity contribution in [2.45, 2.75) is 31.9 Å². The van der Waals surface area contributed by atoms with Crippen LogP contribution in [-0.2, 0) is 0 Å². The van der Waals surface area contributed by atoms with Crippen LogP contribution in [0.1, 0.15) is 27.0 Å². The average molecular weight is 553 g/mol. The van der Waals surface area contributed by atoms with Gasteiger partial charge in [-0.25, -0.2) is 0 Å². The molecule has 5 rings (SSSR count). The van der Waals surface area contributed by atoms with E-state index in [-0.39, 0.29) is 4.18 Å². The molecule has 0 atom stereocenters. The average Bonchev–Trinajstić information content (AvgIpc) is 3.37. The molecule has 0 aliphatic carbocycles. The molecule has 0 bridgehead atoms. The van der Waals surface area contributed by atoms with Gasteiger partial charge in [0.2, 0.25) is 0 Å². The maximum atomic E-state index is 5.09. The predicted octanol–water partition coefficient (Wildman–Crippen LogP) is 4.07. The quantitative estimate of drug-likeness (QED) is 0.298. The van der Waals surface area contributed by atoms with Gasteiger partial charge < -0.3 is 0 Å². The minimum atomic E-state index is -3.89. The monoisotopic (exact) mass is 554 g/mol. The Bertz CT molecular complexity index is 1250. The molecule has 2 aromatic heterocycles. The van der Waals surface area contributed by atoms with E-state index < -0.39 is 18.4 Å². The first-order valence-electron chi connectivity index (χ1n) is 11.7. The van der Waals surface area contributed by atoms with E-state index in [1.54, 1.807) is 0 Å². The first-order chi connectivity index (χ1) is 16.5. The van der Waals surface area contributed by atoms with Crippen molar-refractivity contribution in [3.8, 4) is 0 Å².